The van der Waals surface area contributed by atoms with E-state index in [1.165, 1.54) is 0 Å². The number of hydrogen-bond donors (Lipinski definition) is 3. The summed E-state index contributed by atoms with van der Waals surface area (Å²) in [6.07, 6.45) is -1.06. The summed E-state index contributed by atoms with van der Waals surface area (Å²) in [5.74, 6) is -3.17. The third-order valence-electron chi connectivity index (χ3n) is 2.80. The maximum Gasteiger partial charge on any atom is 0.282 e. The van der Waals surface area contributed by atoms with E-state index in [4.69, 9.17) is 9.84 Å². The zero-order valence-electron chi connectivity index (χ0n) is 11.4. The Morgan fingerprint density at radius 1 is 1.30 bits per heavy atom. The lowest BCUT2D eigenvalue weighted by Gasteiger charge is -2.19. The van der Waals surface area contributed by atoms with Crippen LogP contribution in [0.1, 0.15) is 18.6 Å². The molecule has 0 spiro atoms. The predicted octanol–water partition coefficient (Wildman–Crippen LogP) is 1.34. The van der Waals surface area contributed by atoms with Gasteiger partial charge in [-0.15, -0.1) is 0 Å². The second kappa shape index (κ2) is 8.26. The second-order valence-electron chi connectivity index (χ2n) is 4.69. The van der Waals surface area contributed by atoms with E-state index >= 15 is 0 Å². The number of aliphatic hydroxyl groups is 2. The average molecular weight is 289 g/mol. The summed E-state index contributed by atoms with van der Waals surface area (Å²) in [4.78, 5) is 0. The standard InChI is InChI=1S/C14H21F2NO3/c1-11(12-5-3-2-4-6-12)20-8-13(19)7-17-9-14(15,16)10-18/h2-6,11,13,17-19H,7-10H2,1H3. The molecule has 6 heteroatoms. The Hall–Kier alpha value is -1.08. The quantitative estimate of drug-likeness (QED) is 0.642. The van der Waals surface area contributed by atoms with Crippen LogP contribution in [0.4, 0.5) is 8.78 Å². The summed E-state index contributed by atoms with van der Waals surface area (Å²) in [5, 5.41) is 20.4. The lowest BCUT2D eigenvalue weighted by molar-refractivity contribution is -0.0516. The Morgan fingerprint density at radius 3 is 2.55 bits per heavy atom. The van der Waals surface area contributed by atoms with E-state index in [1.54, 1.807) is 0 Å². The number of hydrogen-bond acceptors (Lipinski definition) is 4. The van der Waals surface area contributed by atoms with Gasteiger partial charge in [0.2, 0.25) is 0 Å². The first-order valence-electron chi connectivity index (χ1n) is 6.48. The summed E-state index contributed by atoms with van der Waals surface area (Å²) < 4.78 is 30.9. The number of halogens is 2. The number of alkyl halides is 2. The van der Waals surface area contributed by atoms with Crippen LogP contribution in [0.2, 0.25) is 0 Å². The van der Waals surface area contributed by atoms with Crippen LogP contribution in [0.3, 0.4) is 0 Å². The van der Waals surface area contributed by atoms with E-state index in [9.17, 15) is 13.9 Å². The van der Waals surface area contributed by atoms with Gasteiger partial charge in [0.1, 0.15) is 6.61 Å². The molecule has 0 heterocycles. The molecule has 2 atom stereocenters. The highest BCUT2D eigenvalue weighted by Crippen LogP contribution is 2.16. The molecule has 0 saturated heterocycles. The van der Waals surface area contributed by atoms with Gasteiger partial charge in [0.15, 0.2) is 0 Å². The molecule has 3 N–H and O–H groups in total. The lowest BCUT2D eigenvalue weighted by Crippen LogP contribution is -2.40. The molecule has 1 rings (SSSR count). The zero-order chi connectivity index (χ0) is 15.0. The average Bonchev–Trinajstić information content (AvgIpc) is 2.45. The van der Waals surface area contributed by atoms with Gasteiger partial charge in [-0.25, -0.2) is 8.78 Å². The molecule has 114 valence electrons. The van der Waals surface area contributed by atoms with Crippen LogP contribution in [-0.2, 0) is 4.74 Å². The van der Waals surface area contributed by atoms with Gasteiger partial charge in [0.25, 0.3) is 5.92 Å². The van der Waals surface area contributed by atoms with Crippen LogP contribution in [0.5, 0.6) is 0 Å². The number of rotatable bonds is 9. The van der Waals surface area contributed by atoms with Crippen molar-refractivity contribution in [3.8, 4) is 0 Å². The van der Waals surface area contributed by atoms with Crippen molar-refractivity contribution in [3.05, 3.63) is 35.9 Å². The van der Waals surface area contributed by atoms with Gasteiger partial charge in [0.05, 0.1) is 25.4 Å². The van der Waals surface area contributed by atoms with E-state index in [1.807, 2.05) is 37.3 Å². The van der Waals surface area contributed by atoms with Gasteiger partial charge in [0, 0.05) is 6.54 Å². The Balaban J connectivity index is 2.21. The molecule has 0 bridgehead atoms. The molecule has 0 aliphatic rings. The van der Waals surface area contributed by atoms with Gasteiger partial charge in [-0.05, 0) is 12.5 Å². The fourth-order valence-electron chi connectivity index (χ4n) is 1.61. The van der Waals surface area contributed by atoms with E-state index in [0.29, 0.717) is 0 Å². The largest absolute Gasteiger partial charge is 0.390 e. The summed E-state index contributed by atoms with van der Waals surface area (Å²) in [5.41, 5.74) is 0.986. The smallest absolute Gasteiger partial charge is 0.282 e. The first kappa shape index (κ1) is 17.0. The SMILES string of the molecule is CC(OCC(O)CNCC(F)(F)CO)c1ccccc1. The minimum Gasteiger partial charge on any atom is -0.390 e. The first-order valence-corrected chi connectivity index (χ1v) is 6.48. The summed E-state index contributed by atoms with van der Waals surface area (Å²) in [6.45, 7) is 0.00663. The maximum atomic E-state index is 12.7. The van der Waals surface area contributed by atoms with Crippen LogP contribution < -0.4 is 5.32 Å². The van der Waals surface area contributed by atoms with Gasteiger partial charge in [-0.2, -0.15) is 0 Å². The first-order chi connectivity index (χ1) is 9.44. The van der Waals surface area contributed by atoms with Crippen molar-refractivity contribution in [2.45, 2.75) is 25.1 Å². The molecule has 1 aromatic carbocycles. The van der Waals surface area contributed by atoms with Crippen molar-refractivity contribution in [1.82, 2.24) is 5.32 Å². The molecule has 0 fully saturated rings. The van der Waals surface area contributed by atoms with Crippen molar-refractivity contribution in [1.29, 1.82) is 0 Å². The molecule has 1 aromatic rings. The van der Waals surface area contributed by atoms with Crippen LogP contribution in [0, 0.1) is 0 Å². The minimum absolute atomic E-state index is 0.0168. The van der Waals surface area contributed by atoms with Crippen molar-refractivity contribution in [2.75, 3.05) is 26.3 Å². The normalized spacial score (nSPS) is 15.1. The molecule has 20 heavy (non-hydrogen) atoms. The van der Waals surface area contributed by atoms with Crippen molar-refractivity contribution >= 4 is 0 Å². The number of ether oxygens (including phenoxy) is 1. The Labute approximate surface area is 117 Å². The van der Waals surface area contributed by atoms with Crippen molar-refractivity contribution in [2.24, 2.45) is 0 Å². The summed E-state index contributed by atoms with van der Waals surface area (Å²) >= 11 is 0. The van der Waals surface area contributed by atoms with Crippen LogP contribution in [-0.4, -0.2) is 48.5 Å². The Bertz CT molecular complexity index is 376. The van der Waals surface area contributed by atoms with Gasteiger partial charge in [-0.1, -0.05) is 30.3 Å². The Kier molecular flexibility index (Phi) is 7.01. The van der Waals surface area contributed by atoms with Crippen molar-refractivity contribution in [3.63, 3.8) is 0 Å². The predicted molar refractivity (Wildman–Crippen MR) is 71.7 cm³/mol. The third-order valence-corrected chi connectivity index (χ3v) is 2.80. The van der Waals surface area contributed by atoms with Crippen LogP contribution in [0.25, 0.3) is 0 Å². The van der Waals surface area contributed by atoms with Gasteiger partial charge >= 0.3 is 0 Å². The monoisotopic (exact) mass is 289 g/mol. The minimum atomic E-state index is -3.17. The lowest BCUT2D eigenvalue weighted by atomic mass is 10.1. The third kappa shape index (κ3) is 6.38. The summed E-state index contributed by atoms with van der Waals surface area (Å²) in [7, 11) is 0. The molecule has 0 amide bonds. The van der Waals surface area contributed by atoms with Crippen molar-refractivity contribution < 1.29 is 23.7 Å². The zero-order valence-corrected chi connectivity index (χ0v) is 11.4. The summed E-state index contributed by atoms with van der Waals surface area (Å²) in [6, 6.07) is 9.51. The molecular formula is C14H21F2NO3. The molecule has 2 unspecified atom stereocenters. The highest BCUT2D eigenvalue weighted by molar-refractivity contribution is 5.16. The van der Waals surface area contributed by atoms with E-state index in [-0.39, 0.29) is 19.3 Å². The molecular weight excluding hydrogens is 268 g/mol. The number of nitrogens with one attached hydrogen (secondary N) is 1. The highest BCUT2D eigenvalue weighted by Gasteiger charge is 2.27. The topological polar surface area (TPSA) is 61.7 Å². The fourth-order valence-corrected chi connectivity index (χ4v) is 1.61. The number of aliphatic hydroxyl groups excluding tert-OH is 2. The molecule has 0 aromatic heterocycles. The number of benzene rings is 1. The highest BCUT2D eigenvalue weighted by atomic mass is 19.3. The van der Waals surface area contributed by atoms with Crippen LogP contribution >= 0.6 is 0 Å². The van der Waals surface area contributed by atoms with E-state index < -0.39 is 25.2 Å². The van der Waals surface area contributed by atoms with Gasteiger partial charge in [-0.3, -0.25) is 0 Å². The molecule has 0 saturated carbocycles. The molecule has 0 radical (unpaired) electrons. The van der Waals surface area contributed by atoms with E-state index in [0.717, 1.165) is 5.56 Å². The fraction of sp³-hybridized carbons (Fsp3) is 0.571. The Morgan fingerprint density at radius 2 is 1.95 bits per heavy atom. The van der Waals surface area contributed by atoms with E-state index in [2.05, 4.69) is 5.32 Å². The molecule has 4 nitrogen and oxygen atoms in total. The maximum absolute atomic E-state index is 12.7. The second-order valence-corrected chi connectivity index (χ2v) is 4.69. The van der Waals surface area contributed by atoms with Gasteiger partial charge < -0.3 is 20.3 Å². The van der Waals surface area contributed by atoms with Crippen LogP contribution in [0.15, 0.2) is 30.3 Å². The molecule has 0 aliphatic heterocycles. The molecule has 0 aliphatic carbocycles.